The number of nitrogens with zero attached hydrogens (tertiary/aromatic N) is 2. The van der Waals surface area contributed by atoms with E-state index < -0.39 is 34.8 Å². The predicted molar refractivity (Wildman–Crippen MR) is 80.3 cm³/mol. The minimum absolute atomic E-state index is 0.0737. The van der Waals surface area contributed by atoms with Gasteiger partial charge in [-0.3, -0.25) is 9.48 Å². The largest absolute Gasteiger partial charge is 0.466 e. The minimum Gasteiger partial charge on any atom is -0.466 e. The zero-order valence-electron chi connectivity index (χ0n) is 13.9. The lowest BCUT2D eigenvalue weighted by molar-refractivity contribution is -0.146. The molecule has 134 valence electrons. The molecular weight excluding hydrogens is 327 g/mol. The third-order valence-corrected chi connectivity index (χ3v) is 2.97. The van der Waals surface area contributed by atoms with Crippen LogP contribution in [0.1, 0.15) is 43.2 Å². The van der Waals surface area contributed by atoms with E-state index in [1.165, 1.54) is 19.3 Å². The van der Waals surface area contributed by atoms with Crippen molar-refractivity contribution in [2.75, 3.05) is 13.7 Å². The fourth-order valence-electron chi connectivity index (χ4n) is 1.91. The van der Waals surface area contributed by atoms with Gasteiger partial charge in [-0.05, 0) is 27.2 Å². The first-order valence-corrected chi connectivity index (χ1v) is 7.17. The highest BCUT2D eigenvalue weighted by molar-refractivity contribution is 5.95. The second-order valence-electron chi connectivity index (χ2n) is 5.96. The first-order valence-electron chi connectivity index (χ1n) is 7.17. The highest BCUT2D eigenvalue weighted by Crippen LogP contribution is 2.34. The number of halogens is 3. The lowest BCUT2D eigenvalue weighted by Crippen LogP contribution is -2.32. The number of carbonyl (C=O) groups excluding carboxylic acids is 2. The van der Waals surface area contributed by atoms with Gasteiger partial charge in [0.25, 0.3) is 5.91 Å². The Kier molecular flexibility index (Phi) is 6.16. The summed E-state index contributed by atoms with van der Waals surface area (Å²) >= 11 is 0. The highest BCUT2D eigenvalue weighted by Gasteiger charge is 2.42. The molecule has 0 radical (unpaired) electrons. The zero-order valence-corrected chi connectivity index (χ0v) is 13.9. The number of methoxy groups -OCH3 is 1. The standard InChI is InChI=1S/C15H20F3N3O3/c1-14(2,3)21-12(15(16,17)18)10(9-20-21)13(23)19-8-6-5-7-11(22)24-4/h5,7,9H,6,8H2,1-4H3,(H,19,23)/b7-5+. The van der Waals surface area contributed by atoms with E-state index in [0.29, 0.717) is 0 Å². The first-order chi connectivity index (χ1) is 11.0. The number of ether oxygens (including phenoxy) is 1. The van der Waals surface area contributed by atoms with Crippen LogP contribution in [0, 0.1) is 0 Å². The molecule has 0 fully saturated rings. The van der Waals surface area contributed by atoms with Crippen LogP contribution in [0.3, 0.4) is 0 Å². The van der Waals surface area contributed by atoms with Crippen molar-refractivity contribution < 1.29 is 27.5 Å². The number of rotatable bonds is 5. The van der Waals surface area contributed by atoms with Crippen molar-refractivity contribution in [3.8, 4) is 0 Å². The van der Waals surface area contributed by atoms with Crippen molar-refractivity contribution in [2.45, 2.75) is 38.9 Å². The first kappa shape index (κ1) is 19.7. The molecular formula is C15H20F3N3O3. The van der Waals surface area contributed by atoms with Gasteiger partial charge in [-0.15, -0.1) is 0 Å². The van der Waals surface area contributed by atoms with Gasteiger partial charge in [0, 0.05) is 12.6 Å². The molecule has 6 nitrogen and oxygen atoms in total. The fourth-order valence-corrected chi connectivity index (χ4v) is 1.91. The summed E-state index contributed by atoms with van der Waals surface area (Å²) in [5, 5.41) is 6.09. The monoisotopic (exact) mass is 347 g/mol. The molecule has 0 aliphatic carbocycles. The summed E-state index contributed by atoms with van der Waals surface area (Å²) in [4.78, 5) is 22.9. The van der Waals surface area contributed by atoms with Crippen LogP contribution in [0.25, 0.3) is 0 Å². The summed E-state index contributed by atoms with van der Waals surface area (Å²) in [6.45, 7) is 4.77. The van der Waals surface area contributed by atoms with Crippen LogP contribution in [-0.2, 0) is 21.2 Å². The van der Waals surface area contributed by atoms with Gasteiger partial charge in [0.1, 0.15) is 0 Å². The molecule has 0 saturated heterocycles. The minimum atomic E-state index is -4.71. The van der Waals surface area contributed by atoms with Gasteiger partial charge in [-0.2, -0.15) is 18.3 Å². The zero-order chi connectivity index (χ0) is 18.5. The van der Waals surface area contributed by atoms with Crippen molar-refractivity contribution in [1.29, 1.82) is 0 Å². The summed E-state index contributed by atoms with van der Waals surface area (Å²) in [5.41, 5.74) is -2.54. The van der Waals surface area contributed by atoms with Gasteiger partial charge in [-0.25, -0.2) is 4.79 Å². The number of hydrogen-bond donors (Lipinski definition) is 1. The Morgan fingerprint density at radius 2 is 1.96 bits per heavy atom. The van der Waals surface area contributed by atoms with Crippen molar-refractivity contribution in [3.63, 3.8) is 0 Å². The maximum Gasteiger partial charge on any atom is 0.433 e. The summed E-state index contributed by atoms with van der Waals surface area (Å²) in [7, 11) is 1.22. The topological polar surface area (TPSA) is 73.2 Å². The lowest BCUT2D eigenvalue weighted by atomic mass is 10.1. The Balaban J connectivity index is 2.87. The summed E-state index contributed by atoms with van der Waals surface area (Å²) in [6.07, 6.45) is -0.898. The van der Waals surface area contributed by atoms with Crippen LogP contribution in [-0.4, -0.2) is 35.3 Å². The molecule has 0 unspecified atom stereocenters. The lowest BCUT2D eigenvalue weighted by Gasteiger charge is -2.23. The van der Waals surface area contributed by atoms with Crippen molar-refractivity contribution in [1.82, 2.24) is 15.1 Å². The van der Waals surface area contributed by atoms with Crippen LogP contribution < -0.4 is 5.32 Å². The maximum absolute atomic E-state index is 13.3. The Morgan fingerprint density at radius 1 is 1.33 bits per heavy atom. The van der Waals surface area contributed by atoms with Gasteiger partial charge in [0.05, 0.1) is 24.4 Å². The SMILES string of the molecule is COC(=O)/C=C/CCNC(=O)c1cnn(C(C)(C)C)c1C(F)(F)F. The van der Waals surface area contributed by atoms with E-state index in [2.05, 4.69) is 15.2 Å². The molecule has 1 heterocycles. The van der Waals surface area contributed by atoms with E-state index in [-0.39, 0.29) is 13.0 Å². The molecule has 9 heteroatoms. The van der Waals surface area contributed by atoms with E-state index in [1.807, 2.05) is 0 Å². The van der Waals surface area contributed by atoms with Crippen LogP contribution in [0.2, 0.25) is 0 Å². The average Bonchev–Trinajstić information content (AvgIpc) is 2.91. The molecule has 1 aromatic rings. The number of nitrogens with one attached hydrogen (secondary N) is 1. The fraction of sp³-hybridized carbons (Fsp3) is 0.533. The predicted octanol–water partition coefficient (Wildman–Crippen LogP) is 2.51. The second kappa shape index (κ2) is 7.50. The second-order valence-corrected chi connectivity index (χ2v) is 5.96. The molecule has 0 aliphatic rings. The van der Waals surface area contributed by atoms with E-state index >= 15 is 0 Å². The highest BCUT2D eigenvalue weighted by atomic mass is 19.4. The Hall–Kier alpha value is -2.32. The molecule has 0 bridgehead atoms. The number of carbonyl (C=O) groups is 2. The maximum atomic E-state index is 13.3. The normalized spacial score (nSPS) is 12.5. The molecule has 0 spiro atoms. The number of amides is 1. The molecule has 0 saturated carbocycles. The molecule has 1 rings (SSSR count). The molecule has 1 amide bonds. The quantitative estimate of drug-likeness (QED) is 0.505. The average molecular weight is 347 g/mol. The van der Waals surface area contributed by atoms with Gasteiger partial charge >= 0.3 is 12.1 Å². The van der Waals surface area contributed by atoms with Gasteiger partial charge < -0.3 is 10.1 Å². The molecule has 1 N–H and O–H groups in total. The molecule has 0 atom stereocenters. The van der Waals surface area contributed by atoms with Gasteiger partial charge in [0.2, 0.25) is 0 Å². The summed E-state index contributed by atoms with van der Waals surface area (Å²) in [6, 6.07) is 0. The molecule has 24 heavy (non-hydrogen) atoms. The van der Waals surface area contributed by atoms with Gasteiger partial charge in [0.15, 0.2) is 5.69 Å². The Morgan fingerprint density at radius 3 is 2.46 bits per heavy atom. The smallest absolute Gasteiger partial charge is 0.433 e. The van der Waals surface area contributed by atoms with E-state index in [9.17, 15) is 22.8 Å². The van der Waals surface area contributed by atoms with Crippen LogP contribution in [0.15, 0.2) is 18.3 Å². The summed E-state index contributed by atoms with van der Waals surface area (Å²) in [5.74, 6) is -1.42. The molecule has 1 aromatic heterocycles. The third-order valence-electron chi connectivity index (χ3n) is 2.97. The number of alkyl halides is 3. The number of esters is 1. The van der Waals surface area contributed by atoms with Gasteiger partial charge in [-0.1, -0.05) is 6.08 Å². The number of aromatic nitrogens is 2. The molecule has 0 aliphatic heterocycles. The molecule has 0 aromatic carbocycles. The van der Waals surface area contributed by atoms with E-state index in [4.69, 9.17) is 0 Å². The number of hydrogen-bond acceptors (Lipinski definition) is 4. The van der Waals surface area contributed by atoms with E-state index in [0.717, 1.165) is 10.9 Å². The van der Waals surface area contributed by atoms with E-state index in [1.54, 1.807) is 20.8 Å². The Bertz CT molecular complexity index is 628. The third kappa shape index (κ3) is 5.10. The summed E-state index contributed by atoms with van der Waals surface area (Å²) < 4.78 is 45.1. The van der Waals surface area contributed by atoms with Crippen molar-refractivity contribution in [3.05, 3.63) is 29.6 Å². The Labute approximate surface area is 137 Å². The van der Waals surface area contributed by atoms with Crippen molar-refractivity contribution in [2.24, 2.45) is 0 Å². The van der Waals surface area contributed by atoms with Crippen LogP contribution in [0.4, 0.5) is 13.2 Å². The van der Waals surface area contributed by atoms with Crippen LogP contribution in [0.5, 0.6) is 0 Å². The van der Waals surface area contributed by atoms with Crippen molar-refractivity contribution >= 4 is 11.9 Å². The van der Waals surface area contributed by atoms with Crippen LogP contribution >= 0.6 is 0 Å².